The van der Waals surface area contributed by atoms with E-state index in [1.54, 1.807) is 36.7 Å². The zero-order valence-corrected chi connectivity index (χ0v) is 19.2. The molecule has 4 rings (SSSR count). The quantitative estimate of drug-likeness (QED) is 0.177. The van der Waals surface area contributed by atoms with Crippen molar-refractivity contribution in [1.29, 1.82) is 0 Å². The smallest absolute Gasteiger partial charge is 0.344 e. The van der Waals surface area contributed by atoms with Crippen LogP contribution in [-0.2, 0) is 4.79 Å². The summed E-state index contributed by atoms with van der Waals surface area (Å²) in [6.07, 6.45) is 8.47. The van der Waals surface area contributed by atoms with Crippen LogP contribution in [0.4, 0.5) is 13.2 Å². The van der Waals surface area contributed by atoms with E-state index >= 15 is 0 Å². The SMILES string of the molecule is O=COc1ccc(C=Cc2ccc(-c3ccc(C=Cc4ccc(OC(F)=C(F)F)cc4)cn3)nc2)cc1. The molecule has 0 N–H and O–H groups in total. The molecule has 2 aromatic carbocycles. The van der Waals surface area contributed by atoms with Crippen molar-refractivity contribution in [3.8, 4) is 22.9 Å². The molecule has 5 nitrogen and oxygen atoms in total. The van der Waals surface area contributed by atoms with Gasteiger partial charge in [0.25, 0.3) is 6.47 Å². The molecule has 0 radical (unpaired) electrons. The number of pyridine rings is 2. The number of aromatic nitrogens is 2. The Kier molecular flexibility index (Phi) is 8.23. The van der Waals surface area contributed by atoms with E-state index in [2.05, 4.69) is 14.7 Å². The van der Waals surface area contributed by atoms with E-state index in [4.69, 9.17) is 4.74 Å². The normalized spacial score (nSPS) is 11.0. The molecule has 2 heterocycles. The van der Waals surface area contributed by atoms with E-state index in [1.807, 2.05) is 60.7 Å². The summed E-state index contributed by atoms with van der Waals surface area (Å²) in [5.41, 5.74) is 4.94. The summed E-state index contributed by atoms with van der Waals surface area (Å²) in [6.45, 7) is 0.390. The van der Waals surface area contributed by atoms with Gasteiger partial charge in [0.1, 0.15) is 11.5 Å². The van der Waals surface area contributed by atoms with Gasteiger partial charge in [0, 0.05) is 12.4 Å². The van der Waals surface area contributed by atoms with Crippen LogP contribution >= 0.6 is 0 Å². The topological polar surface area (TPSA) is 61.3 Å². The minimum absolute atomic E-state index is 0.0256. The predicted octanol–water partition coefficient (Wildman–Crippen LogP) is 7.43. The molecule has 0 fully saturated rings. The fourth-order valence-corrected chi connectivity index (χ4v) is 3.20. The molecule has 0 saturated heterocycles. The second-order valence-electron chi connectivity index (χ2n) is 7.61. The number of nitrogens with zero attached hydrogens (tertiary/aromatic N) is 2. The summed E-state index contributed by atoms with van der Waals surface area (Å²) >= 11 is 0. The number of ether oxygens (including phenoxy) is 2. The monoisotopic (exact) mass is 500 g/mol. The lowest BCUT2D eigenvalue weighted by molar-refractivity contribution is -0.120. The first-order valence-electron chi connectivity index (χ1n) is 11.0. The molecule has 0 spiro atoms. The van der Waals surface area contributed by atoms with Crippen molar-refractivity contribution < 1.29 is 27.4 Å². The maximum Gasteiger partial charge on any atom is 0.344 e. The Morgan fingerprint density at radius 1 is 0.595 bits per heavy atom. The zero-order chi connectivity index (χ0) is 26.0. The third-order valence-electron chi connectivity index (χ3n) is 5.07. The molecule has 4 aromatic rings. The molecule has 0 aliphatic rings. The van der Waals surface area contributed by atoms with Gasteiger partial charge < -0.3 is 9.47 Å². The van der Waals surface area contributed by atoms with Crippen LogP contribution in [-0.4, -0.2) is 16.4 Å². The lowest BCUT2D eigenvalue weighted by Crippen LogP contribution is -1.90. The van der Waals surface area contributed by atoms with Gasteiger partial charge in [0.15, 0.2) is 0 Å². The first-order valence-corrected chi connectivity index (χ1v) is 11.0. The summed E-state index contributed by atoms with van der Waals surface area (Å²) in [6, 6.07) is 18.8. The van der Waals surface area contributed by atoms with Gasteiger partial charge in [-0.15, -0.1) is 0 Å². The fourth-order valence-electron chi connectivity index (χ4n) is 3.20. The Balaban J connectivity index is 1.35. The average molecular weight is 500 g/mol. The van der Waals surface area contributed by atoms with Gasteiger partial charge >= 0.3 is 12.1 Å². The van der Waals surface area contributed by atoms with Crippen molar-refractivity contribution in [3.63, 3.8) is 0 Å². The molecular weight excluding hydrogens is 481 g/mol. The van der Waals surface area contributed by atoms with Gasteiger partial charge in [-0.25, -0.2) is 0 Å². The molecule has 0 bridgehead atoms. The summed E-state index contributed by atoms with van der Waals surface area (Å²) in [4.78, 5) is 19.3. The van der Waals surface area contributed by atoms with Crippen molar-refractivity contribution in [2.75, 3.05) is 0 Å². The second kappa shape index (κ2) is 12.1. The highest BCUT2D eigenvalue weighted by atomic mass is 19.3. The minimum atomic E-state index is -2.51. The van der Waals surface area contributed by atoms with Crippen LogP contribution in [0.5, 0.6) is 11.5 Å². The van der Waals surface area contributed by atoms with E-state index in [9.17, 15) is 18.0 Å². The molecule has 0 atom stereocenters. The number of hydrogen-bond donors (Lipinski definition) is 0. The van der Waals surface area contributed by atoms with E-state index in [-0.39, 0.29) is 5.75 Å². The largest absolute Gasteiger partial charge is 0.429 e. The highest BCUT2D eigenvalue weighted by molar-refractivity contribution is 5.72. The molecule has 2 aromatic heterocycles. The Bertz CT molecular complexity index is 1430. The molecule has 0 aliphatic carbocycles. The summed E-state index contributed by atoms with van der Waals surface area (Å²) in [7, 11) is 0. The maximum absolute atomic E-state index is 12.9. The average Bonchev–Trinajstić information content (AvgIpc) is 2.93. The number of carbonyl (C=O) groups excluding carboxylic acids is 1. The summed E-state index contributed by atoms with van der Waals surface area (Å²) in [5.74, 6) is 0.458. The van der Waals surface area contributed by atoms with Crippen LogP contribution in [0.3, 0.4) is 0 Å². The fraction of sp³-hybridized carbons (Fsp3) is 0. The Labute approximate surface area is 210 Å². The first-order chi connectivity index (χ1) is 18.0. The first kappa shape index (κ1) is 25.1. The highest BCUT2D eigenvalue weighted by Crippen LogP contribution is 2.21. The van der Waals surface area contributed by atoms with Crippen LogP contribution in [0.1, 0.15) is 22.3 Å². The van der Waals surface area contributed by atoms with E-state index in [0.29, 0.717) is 12.2 Å². The molecule has 0 unspecified atom stereocenters. The van der Waals surface area contributed by atoms with E-state index in [1.165, 1.54) is 12.1 Å². The van der Waals surface area contributed by atoms with Crippen molar-refractivity contribution in [2.24, 2.45) is 0 Å². The van der Waals surface area contributed by atoms with Crippen molar-refractivity contribution >= 4 is 30.8 Å². The molecule has 0 saturated carbocycles. The third-order valence-corrected chi connectivity index (χ3v) is 5.07. The Hall–Kier alpha value is -4.98. The van der Waals surface area contributed by atoms with Gasteiger partial charge in [0.05, 0.1) is 11.4 Å². The standard InChI is InChI=1S/C29H19F3N2O3/c30-28(31)29(32)37-25-13-7-21(8-14-25)2-4-23-10-16-27(34-18-23)26-15-9-22(17-33-26)3-1-20-5-11-24(12-6-20)36-19-35/h1-19H. The minimum Gasteiger partial charge on any atom is -0.429 e. The van der Waals surface area contributed by atoms with Crippen molar-refractivity contribution in [1.82, 2.24) is 9.97 Å². The van der Waals surface area contributed by atoms with Gasteiger partial charge in [-0.2, -0.15) is 13.2 Å². The lowest BCUT2D eigenvalue weighted by atomic mass is 10.1. The van der Waals surface area contributed by atoms with Crippen molar-refractivity contribution in [2.45, 2.75) is 0 Å². The molecule has 184 valence electrons. The lowest BCUT2D eigenvalue weighted by Gasteiger charge is -2.03. The Morgan fingerprint density at radius 2 is 1.03 bits per heavy atom. The number of benzene rings is 2. The van der Waals surface area contributed by atoms with Crippen LogP contribution in [0.15, 0.2) is 97.3 Å². The number of rotatable bonds is 9. The Morgan fingerprint density at radius 3 is 1.43 bits per heavy atom. The summed E-state index contributed by atoms with van der Waals surface area (Å²) < 4.78 is 46.3. The van der Waals surface area contributed by atoms with Gasteiger partial charge in [-0.05, 0) is 58.7 Å². The molecule has 8 heteroatoms. The number of halogens is 3. The van der Waals surface area contributed by atoms with Crippen molar-refractivity contribution in [3.05, 3.63) is 120 Å². The van der Waals surface area contributed by atoms with Crippen LogP contribution in [0.2, 0.25) is 0 Å². The van der Waals surface area contributed by atoms with Crippen LogP contribution < -0.4 is 9.47 Å². The summed E-state index contributed by atoms with van der Waals surface area (Å²) in [5, 5.41) is 0. The number of hydrogen-bond acceptors (Lipinski definition) is 5. The molecular formula is C29H19F3N2O3. The zero-order valence-electron chi connectivity index (χ0n) is 19.2. The van der Waals surface area contributed by atoms with E-state index in [0.717, 1.165) is 33.6 Å². The molecule has 0 aliphatic heterocycles. The predicted molar refractivity (Wildman–Crippen MR) is 136 cm³/mol. The third kappa shape index (κ3) is 7.25. The van der Waals surface area contributed by atoms with Gasteiger partial charge in [-0.3, -0.25) is 14.8 Å². The van der Waals surface area contributed by atoms with Crippen LogP contribution in [0.25, 0.3) is 35.7 Å². The van der Waals surface area contributed by atoms with E-state index < -0.39 is 12.1 Å². The van der Waals surface area contributed by atoms with Gasteiger partial charge in [-0.1, -0.05) is 60.7 Å². The number of carbonyl (C=O) groups is 1. The van der Waals surface area contributed by atoms with Crippen LogP contribution in [0, 0.1) is 0 Å². The highest BCUT2D eigenvalue weighted by Gasteiger charge is 2.07. The second-order valence-corrected chi connectivity index (χ2v) is 7.61. The van der Waals surface area contributed by atoms with Gasteiger partial charge in [0.2, 0.25) is 0 Å². The molecule has 0 amide bonds. The maximum atomic E-state index is 12.9. The molecule has 37 heavy (non-hydrogen) atoms.